The van der Waals surface area contributed by atoms with E-state index in [1.54, 1.807) is 34.7 Å². The van der Waals surface area contributed by atoms with Gasteiger partial charge in [0.15, 0.2) is 6.10 Å². The summed E-state index contributed by atoms with van der Waals surface area (Å²) in [5, 5.41) is 13.1. The molecule has 4 atom stereocenters. The number of carbonyl (C=O) groups is 4. The highest BCUT2D eigenvalue weighted by Gasteiger charge is 2.34. The number of ether oxygens (including phenoxy) is 3. The van der Waals surface area contributed by atoms with Gasteiger partial charge in [0.1, 0.15) is 16.3 Å². The van der Waals surface area contributed by atoms with E-state index in [0.717, 1.165) is 11.1 Å². The Balaban J connectivity index is 1.96. The number of hydrogen-bond donors (Lipinski definition) is 2. The Morgan fingerprint density at radius 3 is 2.10 bits per heavy atom. The van der Waals surface area contributed by atoms with Gasteiger partial charge in [-0.15, -0.1) is 11.3 Å². The van der Waals surface area contributed by atoms with Gasteiger partial charge in [-0.25, -0.2) is 9.78 Å². The van der Waals surface area contributed by atoms with Gasteiger partial charge in [0.05, 0.1) is 19.1 Å². The average molecular weight is 724 g/mol. The molecule has 0 aliphatic heterocycles. The van der Waals surface area contributed by atoms with Crippen LogP contribution in [0.15, 0.2) is 60.7 Å². The van der Waals surface area contributed by atoms with Crippen LogP contribution in [-0.4, -0.2) is 70.3 Å². The van der Waals surface area contributed by atoms with Gasteiger partial charge in [-0.05, 0) is 50.7 Å². The molecule has 0 bridgehead atoms. The van der Waals surface area contributed by atoms with Crippen LogP contribution in [0.25, 0.3) is 0 Å². The second-order valence-electron chi connectivity index (χ2n) is 14.2. The van der Waals surface area contributed by atoms with Crippen LogP contribution in [0.4, 0.5) is 4.79 Å². The Labute approximate surface area is 305 Å². The zero-order chi connectivity index (χ0) is 37.7. The Bertz CT molecular complexity index is 1570. The van der Waals surface area contributed by atoms with Crippen LogP contribution in [-0.2, 0) is 43.2 Å². The minimum absolute atomic E-state index is 0.0378. The van der Waals surface area contributed by atoms with Crippen molar-refractivity contribution in [2.75, 3.05) is 13.7 Å². The number of nitrogens with zero attached hydrogens (tertiary/aromatic N) is 2. The number of esters is 1. The normalized spacial score (nSPS) is 13.9. The summed E-state index contributed by atoms with van der Waals surface area (Å²) >= 11 is 1.26. The zero-order valence-electron chi connectivity index (χ0n) is 31.0. The SMILES string of the molecule is CC(=O)OC(CC(C(C)C)N(C)C(=O)OC(C)(C)C)c1nc(C(=O)NC(Cc2ccccc2)CC(C)C(=O)O)c(CCOCc2ccccc2)s1. The topological polar surface area (TPSA) is 144 Å². The van der Waals surface area contributed by atoms with E-state index in [-0.39, 0.29) is 24.5 Å². The first-order valence-corrected chi connectivity index (χ1v) is 18.2. The number of amides is 2. The molecular formula is C39H53N3O8S. The lowest BCUT2D eigenvalue weighted by Crippen LogP contribution is -2.44. The number of hydrogen-bond acceptors (Lipinski definition) is 9. The molecule has 0 aliphatic rings. The molecule has 0 radical (unpaired) electrons. The molecule has 0 saturated heterocycles. The van der Waals surface area contributed by atoms with Crippen molar-refractivity contribution in [3.8, 4) is 0 Å². The van der Waals surface area contributed by atoms with Gasteiger partial charge in [0, 0.05) is 43.8 Å². The molecule has 3 rings (SSSR count). The van der Waals surface area contributed by atoms with E-state index in [1.807, 2.05) is 74.5 Å². The van der Waals surface area contributed by atoms with E-state index in [1.165, 1.54) is 23.2 Å². The van der Waals surface area contributed by atoms with Crippen LogP contribution in [0.2, 0.25) is 0 Å². The molecule has 12 heteroatoms. The number of benzene rings is 2. The van der Waals surface area contributed by atoms with Crippen LogP contribution >= 0.6 is 11.3 Å². The maximum Gasteiger partial charge on any atom is 0.410 e. The standard InChI is InChI=1S/C39H53N3O8S/c1-25(2)31(42(8)38(47)50-39(5,6)7)23-32(49-27(4)43)36-41-34(33(51-36)19-20-48-24-29-17-13-10-14-18-29)35(44)40-30(21-26(3)37(45)46)22-28-15-11-9-12-16-28/h9-18,25-26,30-32H,19-24H2,1-8H3,(H,40,44)(H,45,46). The molecule has 3 aromatic rings. The molecule has 1 heterocycles. The summed E-state index contributed by atoms with van der Waals surface area (Å²) in [4.78, 5) is 58.3. The molecule has 4 unspecified atom stereocenters. The van der Waals surface area contributed by atoms with Crippen molar-refractivity contribution in [3.05, 3.63) is 87.4 Å². The maximum atomic E-state index is 14.1. The fourth-order valence-corrected chi connectivity index (χ4v) is 6.71. The van der Waals surface area contributed by atoms with Crippen molar-refractivity contribution < 1.29 is 38.5 Å². The number of nitrogens with one attached hydrogen (secondary N) is 1. The number of carbonyl (C=O) groups excluding carboxylic acids is 3. The summed E-state index contributed by atoms with van der Waals surface area (Å²) in [6.45, 7) is 13.0. The van der Waals surface area contributed by atoms with E-state index in [4.69, 9.17) is 19.2 Å². The van der Waals surface area contributed by atoms with Gasteiger partial charge in [-0.2, -0.15) is 0 Å². The molecule has 2 N–H and O–H groups in total. The van der Waals surface area contributed by atoms with Crippen LogP contribution in [0.1, 0.15) is 98.9 Å². The minimum Gasteiger partial charge on any atom is -0.481 e. The predicted molar refractivity (Wildman–Crippen MR) is 196 cm³/mol. The summed E-state index contributed by atoms with van der Waals surface area (Å²) in [6.07, 6.45) is -0.134. The van der Waals surface area contributed by atoms with Gasteiger partial charge in [0.2, 0.25) is 0 Å². The third-order valence-corrected chi connectivity index (χ3v) is 9.43. The number of carboxylic acid groups (broad SMARTS) is 1. The van der Waals surface area contributed by atoms with E-state index in [2.05, 4.69) is 5.32 Å². The third-order valence-electron chi connectivity index (χ3n) is 8.22. The van der Waals surface area contributed by atoms with Gasteiger partial charge >= 0.3 is 18.0 Å². The molecule has 0 aliphatic carbocycles. The highest BCUT2D eigenvalue weighted by atomic mass is 32.1. The number of rotatable bonds is 18. The van der Waals surface area contributed by atoms with Gasteiger partial charge in [-0.3, -0.25) is 14.4 Å². The quantitative estimate of drug-likeness (QED) is 0.103. The Morgan fingerprint density at radius 1 is 0.941 bits per heavy atom. The Morgan fingerprint density at radius 2 is 1.55 bits per heavy atom. The first-order valence-electron chi connectivity index (χ1n) is 17.4. The fourth-order valence-electron chi connectivity index (χ4n) is 5.62. The molecular weight excluding hydrogens is 671 g/mol. The number of carboxylic acids is 1. The summed E-state index contributed by atoms with van der Waals surface area (Å²) < 4.78 is 17.4. The molecule has 2 amide bonds. The van der Waals surface area contributed by atoms with Crippen molar-refractivity contribution in [2.24, 2.45) is 11.8 Å². The predicted octanol–water partition coefficient (Wildman–Crippen LogP) is 7.24. The molecule has 0 saturated carbocycles. The van der Waals surface area contributed by atoms with Gasteiger partial charge in [0.25, 0.3) is 5.91 Å². The second-order valence-corrected chi connectivity index (χ2v) is 15.3. The van der Waals surface area contributed by atoms with Crippen LogP contribution in [0.5, 0.6) is 0 Å². The highest BCUT2D eigenvalue weighted by Crippen LogP contribution is 2.33. The average Bonchev–Trinajstić information content (AvgIpc) is 3.48. The summed E-state index contributed by atoms with van der Waals surface area (Å²) in [7, 11) is 1.66. The van der Waals surface area contributed by atoms with Crippen molar-refractivity contribution in [3.63, 3.8) is 0 Å². The molecule has 51 heavy (non-hydrogen) atoms. The van der Waals surface area contributed by atoms with Crippen molar-refractivity contribution >= 4 is 35.3 Å². The van der Waals surface area contributed by atoms with E-state index in [9.17, 15) is 24.3 Å². The lowest BCUT2D eigenvalue weighted by Gasteiger charge is -2.34. The second kappa shape index (κ2) is 19.4. The monoisotopic (exact) mass is 723 g/mol. The van der Waals surface area contributed by atoms with Crippen molar-refractivity contribution in [2.45, 2.75) is 105 Å². The van der Waals surface area contributed by atoms with Gasteiger partial charge < -0.3 is 29.5 Å². The van der Waals surface area contributed by atoms with Crippen LogP contribution < -0.4 is 5.32 Å². The summed E-state index contributed by atoms with van der Waals surface area (Å²) in [5.74, 6) is -2.66. The molecule has 0 spiro atoms. The molecule has 11 nitrogen and oxygen atoms in total. The minimum atomic E-state index is -0.949. The number of aliphatic carboxylic acids is 1. The first kappa shape index (κ1) is 41.1. The van der Waals surface area contributed by atoms with E-state index in [0.29, 0.717) is 35.9 Å². The van der Waals surface area contributed by atoms with Crippen molar-refractivity contribution in [1.82, 2.24) is 15.2 Å². The summed E-state index contributed by atoms with van der Waals surface area (Å²) in [6, 6.07) is 18.4. The van der Waals surface area contributed by atoms with Crippen molar-refractivity contribution in [1.29, 1.82) is 0 Å². The lowest BCUT2D eigenvalue weighted by molar-refractivity contribution is -0.148. The highest BCUT2D eigenvalue weighted by molar-refractivity contribution is 7.12. The summed E-state index contributed by atoms with van der Waals surface area (Å²) in [5.41, 5.74) is 1.44. The maximum absolute atomic E-state index is 14.1. The van der Waals surface area contributed by atoms with Crippen LogP contribution in [0, 0.1) is 11.8 Å². The van der Waals surface area contributed by atoms with E-state index >= 15 is 0 Å². The van der Waals surface area contributed by atoms with E-state index < -0.39 is 53.6 Å². The Kier molecular flexibility index (Phi) is 15.6. The lowest BCUT2D eigenvalue weighted by atomic mass is 9.96. The third kappa shape index (κ3) is 13.7. The van der Waals surface area contributed by atoms with Crippen LogP contribution in [0.3, 0.4) is 0 Å². The molecule has 278 valence electrons. The fraction of sp³-hybridized carbons (Fsp3) is 0.513. The molecule has 1 aromatic heterocycles. The number of aromatic nitrogens is 1. The zero-order valence-corrected chi connectivity index (χ0v) is 31.8. The van der Waals surface area contributed by atoms with Gasteiger partial charge in [-0.1, -0.05) is 81.4 Å². The molecule has 2 aromatic carbocycles. The number of thiazole rings is 1. The Hall–Kier alpha value is -4.29. The smallest absolute Gasteiger partial charge is 0.410 e. The first-order chi connectivity index (χ1) is 24.0. The largest absolute Gasteiger partial charge is 0.481 e. The molecule has 0 fully saturated rings.